The van der Waals surface area contributed by atoms with Crippen molar-refractivity contribution in [1.82, 2.24) is 9.13 Å². The number of hydrogen-bond donors (Lipinski definition) is 0. The van der Waals surface area contributed by atoms with Gasteiger partial charge < -0.3 is 9.13 Å². The summed E-state index contributed by atoms with van der Waals surface area (Å²) < 4.78 is 4.13. The largest absolute Gasteiger partial charge is 2.00 e. The molecule has 3 heteroatoms. The molecule has 0 N–H and O–H groups in total. The van der Waals surface area contributed by atoms with Crippen molar-refractivity contribution in [2.75, 3.05) is 0 Å². The number of fused-ring (bicyclic) bond motifs is 2. The molecule has 4 aromatic rings. The predicted molar refractivity (Wildman–Crippen MR) is 83.5 cm³/mol. The van der Waals surface area contributed by atoms with E-state index in [9.17, 15) is 0 Å². The van der Waals surface area contributed by atoms with Crippen LogP contribution in [-0.2, 0) is 33.6 Å². The molecular formula is C18H16N2Zn. The van der Waals surface area contributed by atoms with Crippen molar-refractivity contribution in [2.45, 2.75) is 0 Å². The Hall–Kier alpha value is -1.86. The van der Waals surface area contributed by atoms with Crippen molar-refractivity contribution in [2.24, 2.45) is 14.1 Å². The van der Waals surface area contributed by atoms with Gasteiger partial charge >= 0.3 is 19.5 Å². The van der Waals surface area contributed by atoms with Gasteiger partial charge in [-0.3, -0.25) is 0 Å². The fourth-order valence-corrected chi connectivity index (χ4v) is 2.28. The van der Waals surface area contributed by atoms with E-state index in [-0.39, 0.29) is 19.5 Å². The molecule has 2 aromatic carbocycles. The second kappa shape index (κ2) is 6.73. The van der Waals surface area contributed by atoms with Crippen molar-refractivity contribution < 1.29 is 19.5 Å². The Kier molecular flexibility index (Phi) is 4.98. The monoisotopic (exact) mass is 324 g/mol. The maximum atomic E-state index is 3.15. The van der Waals surface area contributed by atoms with Crippen LogP contribution in [0.1, 0.15) is 0 Å². The molecule has 0 amide bonds. The molecule has 0 bridgehead atoms. The van der Waals surface area contributed by atoms with E-state index in [0.29, 0.717) is 0 Å². The number of aromatic nitrogens is 2. The number of aryl methyl sites for hydroxylation is 2. The van der Waals surface area contributed by atoms with Gasteiger partial charge in [0, 0.05) is 0 Å². The third-order valence-electron chi connectivity index (χ3n) is 3.40. The molecule has 2 heterocycles. The van der Waals surface area contributed by atoms with Gasteiger partial charge in [0.1, 0.15) is 0 Å². The maximum Gasteiger partial charge on any atom is 2.00 e. The average Bonchev–Trinajstić information content (AvgIpc) is 3.05. The minimum Gasteiger partial charge on any atom is -0.414 e. The average molecular weight is 326 g/mol. The van der Waals surface area contributed by atoms with Gasteiger partial charge in [0.15, 0.2) is 0 Å². The molecule has 0 fully saturated rings. The number of para-hydroxylation sites is 2. The molecule has 0 aliphatic rings. The molecule has 0 saturated heterocycles. The summed E-state index contributed by atoms with van der Waals surface area (Å²) in [5.41, 5.74) is 2.48. The summed E-state index contributed by atoms with van der Waals surface area (Å²) in [6.07, 6.45) is 3.90. The normalized spacial score (nSPS) is 10.0. The number of nitrogens with zero attached hydrogens (tertiary/aromatic N) is 2. The smallest absolute Gasteiger partial charge is 0.414 e. The molecule has 2 aromatic heterocycles. The molecule has 4 rings (SSSR count). The van der Waals surface area contributed by atoms with E-state index in [2.05, 4.69) is 45.5 Å². The first-order valence-electron chi connectivity index (χ1n) is 6.59. The topological polar surface area (TPSA) is 9.86 Å². The summed E-state index contributed by atoms with van der Waals surface area (Å²) in [5.74, 6) is 0. The predicted octanol–water partition coefficient (Wildman–Crippen LogP) is 3.95. The van der Waals surface area contributed by atoms with Crippen LogP contribution in [0.5, 0.6) is 0 Å². The minimum absolute atomic E-state index is 0. The summed E-state index contributed by atoms with van der Waals surface area (Å²) in [7, 11) is 4.05. The third-order valence-corrected chi connectivity index (χ3v) is 3.40. The van der Waals surface area contributed by atoms with Gasteiger partial charge in [0.25, 0.3) is 0 Å². The van der Waals surface area contributed by atoms with Crippen LogP contribution < -0.4 is 0 Å². The van der Waals surface area contributed by atoms with Gasteiger partial charge in [0.2, 0.25) is 0 Å². The number of rotatable bonds is 0. The molecule has 0 radical (unpaired) electrons. The van der Waals surface area contributed by atoms with Crippen LogP contribution in [0.25, 0.3) is 21.8 Å². The van der Waals surface area contributed by atoms with Gasteiger partial charge in [-0.25, -0.2) is 0 Å². The number of benzene rings is 2. The second-order valence-electron chi connectivity index (χ2n) is 4.80. The molecule has 0 aliphatic carbocycles. The van der Waals surface area contributed by atoms with Crippen molar-refractivity contribution in [3.8, 4) is 0 Å². The molecular weight excluding hydrogens is 310 g/mol. The molecule has 0 spiro atoms. The van der Waals surface area contributed by atoms with Crippen LogP contribution in [0, 0.1) is 12.1 Å². The van der Waals surface area contributed by atoms with Crippen molar-refractivity contribution in [3.05, 3.63) is 73.1 Å². The zero-order valence-corrected chi connectivity index (χ0v) is 15.3. The Morgan fingerprint density at radius 2 is 1.05 bits per heavy atom. The molecule has 21 heavy (non-hydrogen) atoms. The Labute approximate surface area is 137 Å². The Balaban J connectivity index is 0.000000147. The van der Waals surface area contributed by atoms with Crippen molar-refractivity contribution in [3.63, 3.8) is 0 Å². The first-order chi connectivity index (χ1) is 9.75. The summed E-state index contributed by atoms with van der Waals surface area (Å²) in [6, 6.07) is 22.7. The summed E-state index contributed by atoms with van der Waals surface area (Å²) in [4.78, 5) is 0. The van der Waals surface area contributed by atoms with Gasteiger partial charge in [0.05, 0.1) is 0 Å². The summed E-state index contributed by atoms with van der Waals surface area (Å²) in [5, 5.41) is 2.37. The van der Waals surface area contributed by atoms with E-state index in [4.69, 9.17) is 0 Å². The van der Waals surface area contributed by atoms with E-state index < -0.39 is 0 Å². The minimum atomic E-state index is 0. The number of hydrogen-bond acceptors (Lipinski definition) is 0. The third kappa shape index (κ3) is 3.25. The van der Waals surface area contributed by atoms with Gasteiger partial charge in [-0.05, 0) is 14.1 Å². The van der Waals surface area contributed by atoms with Crippen molar-refractivity contribution in [1.29, 1.82) is 0 Å². The van der Waals surface area contributed by atoms with Crippen LogP contribution in [-0.4, -0.2) is 9.13 Å². The Morgan fingerprint density at radius 1 is 0.667 bits per heavy atom. The molecule has 100 valence electrons. The molecule has 0 saturated carbocycles. The van der Waals surface area contributed by atoms with Crippen LogP contribution >= 0.6 is 0 Å². The summed E-state index contributed by atoms with van der Waals surface area (Å²) >= 11 is 0. The van der Waals surface area contributed by atoms with E-state index in [1.165, 1.54) is 21.8 Å². The van der Waals surface area contributed by atoms with E-state index in [0.717, 1.165) is 0 Å². The molecule has 0 aliphatic heterocycles. The molecule has 0 unspecified atom stereocenters. The van der Waals surface area contributed by atoms with E-state index >= 15 is 0 Å². The van der Waals surface area contributed by atoms with E-state index in [1.807, 2.05) is 50.8 Å². The zero-order valence-electron chi connectivity index (χ0n) is 12.4. The first-order valence-corrected chi connectivity index (χ1v) is 6.59. The maximum absolute atomic E-state index is 3.15. The van der Waals surface area contributed by atoms with Crippen LogP contribution in [0.2, 0.25) is 0 Å². The van der Waals surface area contributed by atoms with Crippen molar-refractivity contribution >= 4 is 21.8 Å². The van der Waals surface area contributed by atoms with Gasteiger partial charge in [-0.15, -0.1) is 12.1 Å². The standard InChI is InChI=1S/2C9H8N.Zn/c2*1-10-7-6-8-4-2-3-5-9(8)10;/h2*2-5,7H,1H3;/q2*-1;+2. The van der Waals surface area contributed by atoms with Crippen LogP contribution in [0.4, 0.5) is 0 Å². The Bertz CT molecular complexity index is 770. The first kappa shape index (κ1) is 15.5. The van der Waals surface area contributed by atoms with Gasteiger partial charge in [-0.1, -0.05) is 47.7 Å². The fraction of sp³-hybridized carbons (Fsp3) is 0.111. The fourth-order valence-electron chi connectivity index (χ4n) is 2.28. The SMILES string of the molecule is Cn1c[c-]c2ccccc21.Cn1c[c-]c2ccccc21.[Zn+2]. The van der Waals surface area contributed by atoms with E-state index in [1.54, 1.807) is 0 Å². The van der Waals surface area contributed by atoms with Crippen LogP contribution in [0.15, 0.2) is 60.9 Å². The van der Waals surface area contributed by atoms with Crippen LogP contribution in [0.3, 0.4) is 0 Å². The summed E-state index contributed by atoms with van der Waals surface area (Å²) in [6.45, 7) is 0. The molecule has 2 nitrogen and oxygen atoms in total. The quantitative estimate of drug-likeness (QED) is 0.342. The molecule has 0 atom stereocenters. The second-order valence-corrected chi connectivity index (χ2v) is 4.80. The Morgan fingerprint density at radius 3 is 1.43 bits per heavy atom. The van der Waals surface area contributed by atoms with Gasteiger partial charge in [-0.2, -0.15) is 35.0 Å². The zero-order chi connectivity index (χ0) is 13.9.